The second-order valence-corrected chi connectivity index (χ2v) is 5.87. The third-order valence-electron chi connectivity index (χ3n) is 4.59. The number of benzene rings is 3. The van der Waals surface area contributed by atoms with Crippen molar-refractivity contribution in [3.63, 3.8) is 0 Å². The summed E-state index contributed by atoms with van der Waals surface area (Å²) in [6.07, 6.45) is 6.94. The van der Waals surface area contributed by atoms with Gasteiger partial charge in [0.25, 0.3) is 0 Å². The standard InChI is InChI=1S/C22H14/c1-2-6-15(7-3-1)18-12-17-10-11-20-19-9-5-4-8-16(19)13-22(20)21(17)14-18/h1-14H. The minimum Gasteiger partial charge on any atom is -0.0622 e. The smallest absolute Gasteiger partial charge is 0.00928 e. The van der Waals surface area contributed by atoms with Crippen LogP contribution in [0.25, 0.3) is 23.8 Å². The van der Waals surface area contributed by atoms with Crippen LogP contribution < -0.4 is 10.4 Å². The van der Waals surface area contributed by atoms with Crippen molar-refractivity contribution < 1.29 is 0 Å². The predicted molar refractivity (Wildman–Crippen MR) is 92.2 cm³/mol. The molecule has 0 fully saturated rings. The first kappa shape index (κ1) is 11.8. The first-order valence-electron chi connectivity index (χ1n) is 7.63. The summed E-state index contributed by atoms with van der Waals surface area (Å²) in [5.41, 5.74) is 5.30. The summed E-state index contributed by atoms with van der Waals surface area (Å²) >= 11 is 0. The largest absolute Gasteiger partial charge is 0.0622 e. The Morgan fingerprint density at radius 1 is 0.455 bits per heavy atom. The Bertz CT molecular complexity index is 1150. The second-order valence-electron chi connectivity index (χ2n) is 5.87. The molecule has 0 N–H and O–H groups in total. The molecule has 0 heterocycles. The highest BCUT2D eigenvalue weighted by molar-refractivity contribution is 6.03. The van der Waals surface area contributed by atoms with Gasteiger partial charge in [-0.15, -0.1) is 0 Å². The lowest BCUT2D eigenvalue weighted by atomic mass is 10.0. The Morgan fingerprint density at radius 2 is 1.27 bits per heavy atom. The van der Waals surface area contributed by atoms with Crippen LogP contribution >= 0.6 is 0 Å². The quantitative estimate of drug-likeness (QED) is 0.500. The van der Waals surface area contributed by atoms with Crippen molar-refractivity contribution in [3.8, 4) is 0 Å². The van der Waals surface area contributed by atoms with Gasteiger partial charge in [-0.2, -0.15) is 0 Å². The summed E-state index contributed by atoms with van der Waals surface area (Å²) in [4.78, 5) is 0. The average Bonchev–Trinajstić information content (AvgIpc) is 3.16. The fourth-order valence-electron chi connectivity index (χ4n) is 3.52. The topological polar surface area (TPSA) is 0 Å². The molecule has 0 heteroatoms. The third kappa shape index (κ3) is 1.58. The van der Waals surface area contributed by atoms with Gasteiger partial charge in [0.2, 0.25) is 0 Å². The Morgan fingerprint density at radius 3 is 2.18 bits per heavy atom. The second kappa shape index (κ2) is 4.32. The van der Waals surface area contributed by atoms with E-state index in [-0.39, 0.29) is 0 Å². The molecular formula is C22H14. The van der Waals surface area contributed by atoms with Gasteiger partial charge >= 0.3 is 0 Å². The molecule has 5 rings (SSSR count). The van der Waals surface area contributed by atoms with E-state index in [9.17, 15) is 0 Å². The van der Waals surface area contributed by atoms with Crippen molar-refractivity contribution >= 4 is 23.8 Å². The molecule has 0 spiro atoms. The van der Waals surface area contributed by atoms with Gasteiger partial charge in [-0.25, -0.2) is 0 Å². The molecule has 0 saturated carbocycles. The van der Waals surface area contributed by atoms with Gasteiger partial charge in [0.1, 0.15) is 0 Å². The summed E-state index contributed by atoms with van der Waals surface area (Å²) < 4.78 is 0. The molecule has 2 aliphatic carbocycles. The Kier molecular flexibility index (Phi) is 2.31. The number of fused-ring (bicyclic) bond motifs is 4. The molecule has 2 aliphatic rings. The summed E-state index contributed by atoms with van der Waals surface area (Å²) in [5, 5.41) is 5.35. The van der Waals surface area contributed by atoms with Crippen molar-refractivity contribution in [3.05, 3.63) is 104 Å². The lowest BCUT2D eigenvalue weighted by Gasteiger charge is -1.99. The first-order valence-corrected chi connectivity index (χ1v) is 7.63. The first-order chi connectivity index (χ1) is 10.9. The van der Waals surface area contributed by atoms with Gasteiger partial charge in [-0.3, -0.25) is 0 Å². The normalized spacial score (nSPS) is 13.5. The number of rotatable bonds is 1. The minimum absolute atomic E-state index is 1.28. The van der Waals surface area contributed by atoms with Gasteiger partial charge < -0.3 is 0 Å². The molecule has 102 valence electrons. The van der Waals surface area contributed by atoms with Crippen molar-refractivity contribution in [1.29, 1.82) is 0 Å². The van der Waals surface area contributed by atoms with E-state index < -0.39 is 0 Å². The molecule has 0 aliphatic heterocycles. The molecule has 22 heavy (non-hydrogen) atoms. The highest BCUT2D eigenvalue weighted by atomic mass is 14.2. The number of allylic oxidation sites excluding steroid dienone is 1. The van der Waals surface area contributed by atoms with E-state index in [1.165, 1.54) is 43.1 Å². The van der Waals surface area contributed by atoms with E-state index in [4.69, 9.17) is 0 Å². The lowest BCUT2D eigenvalue weighted by Crippen LogP contribution is -2.03. The molecule has 0 bridgehead atoms. The zero-order chi connectivity index (χ0) is 14.5. The van der Waals surface area contributed by atoms with Crippen molar-refractivity contribution in [2.45, 2.75) is 0 Å². The molecular weight excluding hydrogens is 264 g/mol. The van der Waals surface area contributed by atoms with Crippen molar-refractivity contribution in [2.24, 2.45) is 0 Å². The number of hydrogen-bond acceptors (Lipinski definition) is 0. The SMILES string of the molecule is C1=C(c2ccccc2)C=c2ccc3c(c21)C=c1ccccc1=3. The van der Waals surface area contributed by atoms with Crippen molar-refractivity contribution in [1.82, 2.24) is 0 Å². The van der Waals surface area contributed by atoms with Gasteiger partial charge in [-0.05, 0) is 61.4 Å². The molecule has 0 nitrogen and oxygen atoms in total. The average molecular weight is 278 g/mol. The molecule has 0 saturated heterocycles. The predicted octanol–water partition coefficient (Wildman–Crippen LogP) is 3.45. The van der Waals surface area contributed by atoms with Crippen LogP contribution in [0.3, 0.4) is 0 Å². The Hall–Kier alpha value is -2.86. The fourth-order valence-corrected chi connectivity index (χ4v) is 3.52. The van der Waals surface area contributed by atoms with Crippen LogP contribution in [0.2, 0.25) is 0 Å². The van der Waals surface area contributed by atoms with E-state index in [0.29, 0.717) is 0 Å². The molecule has 0 amide bonds. The van der Waals surface area contributed by atoms with Gasteiger partial charge in [0, 0.05) is 0 Å². The Balaban J connectivity index is 1.82. The van der Waals surface area contributed by atoms with E-state index in [1.807, 2.05) is 0 Å². The summed E-state index contributed by atoms with van der Waals surface area (Å²) in [6.45, 7) is 0. The molecule has 0 aromatic heterocycles. The minimum atomic E-state index is 1.28. The van der Waals surface area contributed by atoms with E-state index in [1.54, 1.807) is 0 Å². The van der Waals surface area contributed by atoms with Gasteiger partial charge in [0.05, 0.1) is 0 Å². The summed E-state index contributed by atoms with van der Waals surface area (Å²) in [5.74, 6) is 0. The fraction of sp³-hybridized carbons (Fsp3) is 0. The van der Waals surface area contributed by atoms with E-state index in [2.05, 4.69) is 85.0 Å². The molecule has 0 radical (unpaired) electrons. The van der Waals surface area contributed by atoms with Crippen LogP contribution in [0, 0.1) is 10.4 Å². The van der Waals surface area contributed by atoms with E-state index >= 15 is 0 Å². The molecule has 0 unspecified atom stereocenters. The maximum atomic E-state index is 2.33. The number of hydrogen-bond donors (Lipinski definition) is 0. The monoisotopic (exact) mass is 278 g/mol. The van der Waals surface area contributed by atoms with Crippen LogP contribution in [0.5, 0.6) is 0 Å². The zero-order valence-corrected chi connectivity index (χ0v) is 12.1. The lowest BCUT2D eigenvalue weighted by molar-refractivity contribution is 1.45. The van der Waals surface area contributed by atoms with Gasteiger partial charge in [-0.1, -0.05) is 66.7 Å². The highest BCUT2D eigenvalue weighted by Crippen LogP contribution is 2.26. The maximum Gasteiger partial charge on any atom is -0.00928 e. The third-order valence-corrected chi connectivity index (χ3v) is 4.59. The van der Waals surface area contributed by atoms with Crippen LogP contribution in [-0.2, 0) is 0 Å². The van der Waals surface area contributed by atoms with Crippen LogP contribution in [-0.4, -0.2) is 0 Å². The molecule has 0 atom stereocenters. The molecule has 3 aromatic carbocycles. The van der Waals surface area contributed by atoms with Crippen molar-refractivity contribution in [2.75, 3.05) is 0 Å². The summed E-state index contributed by atoms with van der Waals surface area (Å²) in [7, 11) is 0. The molecule has 3 aromatic rings. The van der Waals surface area contributed by atoms with Gasteiger partial charge in [0.15, 0.2) is 0 Å². The van der Waals surface area contributed by atoms with E-state index in [0.717, 1.165) is 0 Å². The van der Waals surface area contributed by atoms with Crippen LogP contribution in [0.1, 0.15) is 16.7 Å². The maximum absolute atomic E-state index is 2.33. The summed E-state index contributed by atoms with van der Waals surface area (Å²) in [6, 6.07) is 23.7. The zero-order valence-electron chi connectivity index (χ0n) is 12.1. The van der Waals surface area contributed by atoms with Crippen LogP contribution in [0.4, 0.5) is 0 Å². The highest BCUT2D eigenvalue weighted by Gasteiger charge is 2.13. The van der Waals surface area contributed by atoms with Crippen LogP contribution in [0.15, 0.2) is 66.7 Å². The Labute approximate surface area is 128 Å².